The number of hydrogen-bond acceptors (Lipinski definition) is 3. The summed E-state index contributed by atoms with van der Waals surface area (Å²) in [6, 6.07) is 15.0. The zero-order valence-electron chi connectivity index (χ0n) is 12.3. The Kier molecular flexibility index (Phi) is 6.62. The van der Waals surface area contributed by atoms with Gasteiger partial charge in [-0.1, -0.05) is 29.8 Å². The smallest absolute Gasteiger partial charge is 0.234 e. The Balaban J connectivity index is 1.77. The van der Waals surface area contributed by atoms with Crippen LogP contribution in [0.5, 0.6) is 5.75 Å². The summed E-state index contributed by atoms with van der Waals surface area (Å²) in [6.07, 6.45) is 0. The molecule has 22 heavy (non-hydrogen) atoms. The second-order valence-electron chi connectivity index (χ2n) is 4.59. The van der Waals surface area contributed by atoms with E-state index in [1.165, 1.54) is 11.8 Å². The molecule has 1 amide bonds. The Bertz CT molecular complexity index is 616. The second kappa shape index (κ2) is 8.71. The molecule has 0 aliphatic carbocycles. The molecule has 0 heterocycles. The van der Waals surface area contributed by atoms with Gasteiger partial charge in [0, 0.05) is 16.5 Å². The van der Waals surface area contributed by atoms with Gasteiger partial charge in [-0.15, -0.1) is 11.8 Å². The van der Waals surface area contributed by atoms with Crippen LogP contribution in [-0.2, 0) is 10.5 Å². The molecule has 0 saturated heterocycles. The fourth-order valence-electron chi connectivity index (χ4n) is 1.87. The first-order valence-corrected chi connectivity index (χ1v) is 8.56. The molecule has 0 unspecified atom stereocenters. The first kappa shape index (κ1) is 16.7. The highest BCUT2D eigenvalue weighted by Crippen LogP contribution is 2.21. The molecule has 0 spiro atoms. The van der Waals surface area contributed by atoms with Crippen molar-refractivity contribution in [3.8, 4) is 5.75 Å². The van der Waals surface area contributed by atoms with Gasteiger partial charge in [0.2, 0.25) is 5.91 Å². The molecule has 2 aromatic rings. The third-order valence-electron chi connectivity index (χ3n) is 2.90. The van der Waals surface area contributed by atoms with Gasteiger partial charge in [-0.3, -0.25) is 4.79 Å². The Morgan fingerprint density at radius 1 is 1.18 bits per heavy atom. The summed E-state index contributed by atoms with van der Waals surface area (Å²) >= 11 is 7.62. The van der Waals surface area contributed by atoms with Gasteiger partial charge in [-0.2, -0.15) is 0 Å². The predicted octanol–water partition coefficient (Wildman–Crippen LogP) is 4.61. The lowest BCUT2D eigenvalue weighted by molar-refractivity contribution is -0.113. The number of carbonyl (C=O) groups excluding carboxylic acids is 1. The first-order chi connectivity index (χ1) is 10.7. The molecule has 0 aliphatic rings. The third-order valence-corrected chi connectivity index (χ3v) is 4.25. The maximum absolute atomic E-state index is 11.9. The summed E-state index contributed by atoms with van der Waals surface area (Å²) in [5, 5.41) is 3.60. The van der Waals surface area contributed by atoms with Crippen LogP contribution in [0.15, 0.2) is 48.5 Å². The second-order valence-corrected chi connectivity index (χ2v) is 5.98. The number of nitrogens with one attached hydrogen (secondary N) is 1. The van der Waals surface area contributed by atoms with Gasteiger partial charge in [0.05, 0.1) is 12.4 Å². The summed E-state index contributed by atoms with van der Waals surface area (Å²) < 4.78 is 5.36. The highest BCUT2D eigenvalue weighted by molar-refractivity contribution is 7.99. The zero-order chi connectivity index (χ0) is 15.8. The molecular formula is C17H18ClNO2S. The Hall–Kier alpha value is -1.65. The fraction of sp³-hybridized carbons (Fsp3) is 0.235. The molecule has 0 fully saturated rings. The lowest BCUT2D eigenvalue weighted by Crippen LogP contribution is -2.14. The molecule has 0 aromatic heterocycles. The van der Waals surface area contributed by atoms with E-state index < -0.39 is 0 Å². The van der Waals surface area contributed by atoms with E-state index in [2.05, 4.69) is 5.32 Å². The van der Waals surface area contributed by atoms with Gasteiger partial charge in [0.1, 0.15) is 5.75 Å². The number of amides is 1. The monoisotopic (exact) mass is 335 g/mol. The number of carbonyl (C=O) groups is 1. The highest BCUT2D eigenvalue weighted by atomic mass is 35.5. The first-order valence-electron chi connectivity index (χ1n) is 7.03. The van der Waals surface area contributed by atoms with Crippen LogP contribution >= 0.6 is 23.4 Å². The van der Waals surface area contributed by atoms with Gasteiger partial charge in [0.15, 0.2) is 0 Å². The van der Waals surface area contributed by atoms with E-state index in [9.17, 15) is 4.79 Å². The molecule has 5 heteroatoms. The average molecular weight is 336 g/mol. The molecule has 0 radical (unpaired) electrons. The normalized spacial score (nSPS) is 10.3. The van der Waals surface area contributed by atoms with Crippen LogP contribution in [-0.4, -0.2) is 18.3 Å². The van der Waals surface area contributed by atoms with E-state index in [1.54, 1.807) is 0 Å². The lowest BCUT2D eigenvalue weighted by Gasteiger charge is -2.07. The van der Waals surface area contributed by atoms with Crippen LogP contribution in [0.4, 0.5) is 5.69 Å². The number of ether oxygens (including phenoxy) is 1. The average Bonchev–Trinajstić information content (AvgIpc) is 2.51. The standard InChI is InChI=1S/C17H18ClNO2S/c1-2-21-15-9-7-14(8-10-15)19-17(20)12-22-11-13-5-3-4-6-16(13)18/h3-10H,2,11-12H2,1H3,(H,19,20). The Morgan fingerprint density at radius 2 is 1.91 bits per heavy atom. The molecule has 3 nitrogen and oxygen atoms in total. The largest absolute Gasteiger partial charge is 0.494 e. The van der Waals surface area contributed by atoms with Crippen molar-refractivity contribution in [3.05, 3.63) is 59.1 Å². The summed E-state index contributed by atoms with van der Waals surface area (Å²) in [5.41, 5.74) is 1.81. The minimum absolute atomic E-state index is 0.0267. The molecule has 0 atom stereocenters. The van der Waals surface area contributed by atoms with Crippen molar-refractivity contribution in [3.63, 3.8) is 0 Å². The van der Waals surface area contributed by atoms with Crippen molar-refractivity contribution in [2.75, 3.05) is 17.7 Å². The minimum Gasteiger partial charge on any atom is -0.494 e. The maximum atomic E-state index is 11.9. The van der Waals surface area contributed by atoms with Gasteiger partial charge in [-0.05, 0) is 42.8 Å². The van der Waals surface area contributed by atoms with Crippen molar-refractivity contribution < 1.29 is 9.53 Å². The summed E-state index contributed by atoms with van der Waals surface area (Å²) in [5.74, 6) is 1.88. The summed E-state index contributed by atoms with van der Waals surface area (Å²) in [7, 11) is 0. The summed E-state index contributed by atoms with van der Waals surface area (Å²) in [6.45, 7) is 2.57. The van der Waals surface area contributed by atoms with Gasteiger partial charge in [-0.25, -0.2) is 0 Å². The van der Waals surface area contributed by atoms with E-state index in [0.29, 0.717) is 12.4 Å². The fourth-order valence-corrected chi connectivity index (χ4v) is 2.98. The highest BCUT2D eigenvalue weighted by Gasteiger charge is 2.05. The minimum atomic E-state index is -0.0267. The van der Waals surface area contributed by atoms with Gasteiger partial charge >= 0.3 is 0 Å². The van der Waals surface area contributed by atoms with Gasteiger partial charge in [0.25, 0.3) is 0 Å². The van der Waals surface area contributed by atoms with Crippen LogP contribution in [0.2, 0.25) is 5.02 Å². The number of benzene rings is 2. The molecule has 2 aromatic carbocycles. The van der Waals surface area contributed by atoms with Crippen molar-refractivity contribution in [1.82, 2.24) is 0 Å². The topological polar surface area (TPSA) is 38.3 Å². The van der Waals surface area contributed by atoms with Crippen molar-refractivity contribution in [1.29, 1.82) is 0 Å². The third kappa shape index (κ3) is 5.28. The lowest BCUT2D eigenvalue weighted by atomic mass is 10.2. The van der Waals surface area contributed by atoms with E-state index in [0.717, 1.165) is 27.8 Å². The molecule has 0 saturated carbocycles. The summed E-state index contributed by atoms with van der Waals surface area (Å²) in [4.78, 5) is 11.9. The van der Waals surface area contributed by atoms with E-state index in [1.807, 2.05) is 55.5 Å². The molecule has 116 valence electrons. The van der Waals surface area contributed by atoms with Crippen molar-refractivity contribution in [2.45, 2.75) is 12.7 Å². The number of hydrogen-bond donors (Lipinski definition) is 1. The number of anilines is 1. The van der Waals surface area contributed by atoms with E-state index >= 15 is 0 Å². The van der Waals surface area contributed by atoms with Crippen LogP contribution in [0.3, 0.4) is 0 Å². The maximum Gasteiger partial charge on any atom is 0.234 e. The molecule has 2 rings (SSSR count). The molecule has 0 bridgehead atoms. The Morgan fingerprint density at radius 3 is 2.59 bits per heavy atom. The number of thioether (sulfide) groups is 1. The van der Waals surface area contributed by atoms with E-state index in [-0.39, 0.29) is 5.91 Å². The SMILES string of the molecule is CCOc1ccc(NC(=O)CSCc2ccccc2Cl)cc1. The van der Waals surface area contributed by atoms with Crippen LogP contribution < -0.4 is 10.1 Å². The van der Waals surface area contributed by atoms with E-state index in [4.69, 9.17) is 16.3 Å². The number of halogens is 1. The van der Waals surface area contributed by atoms with Crippen LogP contribution in [0.1, 0.15) is 12.5 Å². The van der Waals surface area contributed by atoms with Crippen LogP contribution in [0.25, 0.3) is 0 Å². The Labute approximate surface area is 140 Å². The quantitative estimate of drug-likeness (QED) is 0.803. The van der Waals surface area contributed by atoms with Crippen molar-refractivity contribution in [2.24, 2.45) is 0 Å². The predicted molar refractivity (Wildman–Crippen MR) is 93.9 cm³/mol. The van der Waals surface area contributed by atoms with Crippen molar-refractivity contribution >= 4 is 35.0 Å². The van der Waals surface area contributed by atoms with Crippen LogP contribution in [0, 0.1) is 0 Å². The zero-order valence-corrected chi connectivity index (χ0v) is 13.9. The number of rotatable bonds is 7. The van der Waals surface area contributed by atoms with Gasteiger partial charge < -0.3 is 10.1 Å². The molecule has 1 N–H and O–H groups in total. The molecule has 0 aliphatic heterocycles. The molecular weight excluding hydrogens is 318 g/mol.